The number of allylic oxidation sites excluding steroid dienone is 2. The summed E-state index contributed by atoms with van der Waals surface area (Å²) < 4.78 is 0. The van der Waals surface area contributed by atoms with Gasteiger partial charge in [-0.1, -0.05) is 48.1 Å². The Morgan fingerprint density at radius 1 is 1.07 bits per heavy atom. The second-order valence-corrected chi connectivity index (χ2v) is 4.39. The lowest BCUT2D eigenvalue weighted by molar-refractivity contribution is 0.684. The maximum atomic E-state index is 4.14. The van der Waals surface area contributed by atoms with Gasteiger partial charge in [-0.25, -0.2) is 0 Å². The van der Waals surface area contributed by atoms with Crippen molar-refractivity contribution in [3.05, 3.63) is 53.1 Å². The minimum absolute atomic E-state index is 1.18. The zero-order valence-corrected chi connectivity index (χ0v) is 9.42. The van der Waals surface area contributed by atoms with Gasteiger partial charge in [0.15, 0.2) is 0 Å². The molecule has 0 nitrogen and oxygen atoms in total. The Balaban J connectivity index is 2.21. The van der Waals surface area contributed by atoms with E-state index >= 15 is 0 Å². The molecule has 1 aliphatic carbocycles. The van der Waals surface area contributed by atoms with Gasteiger partial charge in [0.25, 0.3) is 0 Å². The quantitative estimate of drug-likeness (QED) is 0.623. The van der Waals surface area contributed by atoms with Crippen LogP contribution in [0.4, 0.5) is 0 Å². The zero-order valence-electron chi connectivity index (χ0n) is 9.42. The lowest BCUT2D eigenvalue weighted by Gasteiger charge is -2.16. The zero-order chi connectivity index (χ0) is 10.7. The molecule has 0 atom stereocenters. The maximum Gasteiger partial charge on any atom is -0.0254 e. The van der Waals surface area contributed by atoms with Gasteiger partial charge in [-0.05, 0) is 43.7 Å². The van der Waals surface area contributed by atoms with Crippen LogP contribution < -0.4 is 0 Å². The molecule has 0 heteroatoms. The molecule has 1 fully saturated rings. The van der Waals surface area contributed by atoms with Crippen LogP contribution in [0.15, 0.2) is 42.0 Å². The van der Waals surface area contributed by atoms with Crippen molar-refractivity contribution in [1.29, 1.82) is 0 Å². The van der Waals surface area contributed by atoms with E-state index in [0.29, 0.717) is 0 Å². The molecule has 0 heterocycles. The van der Waals surface area contributed by atoms with Crippen molar-refractivity contribution in [3.8, 4) is 0 Å². The molecule has 0 spiro atoms. The second kappa shape index (κ2) is 4.48. The highest BCUT2D eigenvalue weighted by molar-refractivity contribution is 5.58. The van der Waals surface area contributed by atoms with E-state index in [9.17, 15) is 0 Å². The summed E-state index contributed by atoms with van der Waals surface area (Å²) in [5.74, 6) is 0. The van der Waals surface area contributed by atoms with Crippen LogP contribution >= 0.6 is 0 Å². The van der Waals surface area contributed by atoms with E-state index in [0.717, 1.165) is 0 Å². The van der Waals surface area contributed by atoms with Crippen LogP contribution in [0.2, 0.25) is 0 Å². The van der Waals surface area contributed by atoms with Crippen LogP contribution in [0.1, 0.15) is 36.8 Å². The Labute approximate surface area is 92.3 Å². The summed E-state index contributed by atoms with van der Waals surface area (Å²) >= 11 is 0. The molecule has 0 amide bonds. The van der Waals surface area contributed by atoms with Crippen LogP contribution in [0, 0.1) is 6.92 Å². The lowest BCUT2D eigenvalue weighted by Crippen LogP contribution is -1.96. The van der Waals surface area contributed by atoms with Gasteiger partial charge in [-0.3, -0.25) is 0 Å². The van der Waals surface area contributed by atoms with Crippen LogP contribution in [0.25, 0.3) is 6.08 Å². The second-order valence-electron chi connectivity index (χ2n) is 4.39. The number of benzene rings is 1. The summed E-state index contributed by atoms with van der Waals surface area (Å²) in [6.07, 6.45) is 7.30. The van der Waals surface area contributed by atoms with E-state index in [1.54, 1.807) is 0 Å². The van der Waals surface area contributed by atoms with Crippen LogP contribution in [0.5, 0.6) is 0 Å². The summed E-state index contributed by atoms with van der Waals surface area (Å²) in [6, 6.07) is 8.70. The van der Waals surface area contributed by atoms with Crippen LogP contribution in [0.3, 0.4) is 0 Å². The standard InChI is InChI=1S/C15H18/c1-12-7-9-14(10-8-12)11-15-6-4-3-5-13(15)2/h7-11H,2-6H2,1H3/b15-11+. The Hall–Kier alpha value is -1.30. The first kappa shape index (κ1) is 10.2. The minimum atomic E-state index is 1.18. The third kappa shape index (κ3) is 2.59. The van der Waals surface area contributed by atoms with Gasteiger partial charge in [0.1, 0.15) is 0 Å². The van der Waals surface area contributed by atoms with Crippen molar-refractivity contribution < 1.29 is 0 Å². The van der Waals surface area contributed by atoms with Crippen molar-refractivity contribution in [1.82, 2.24) is 0 Å². The average Bonchev–Trinajstić information content (AvgIpc) is 2.25. The predicted molar refractivity (Wildman–Crippen MR) is 66.8 cm³/mol. The van der Waals surface area contributed by atoms with Gasteiger partial charge in [-0.15, -0.1) is 0 Å². The van der Waals surface area contributed by atoms with Crippen molar-refractivity contribution in [3.63, 3.8) is 0 Å². The molecule has 0 bridgehead atoms. The highest BCUT2D eigenvalue weighted by atomic mass is 14.1. The number of hydrogen-bond donors (Lipinski definition) is 0. The minimum Gasteiger partial charge on any atom is -0.0956 e. The largest absolute Gasteiger partial charge is 0.0956 e. The summed E-state index contributed by atoms with van der Waals surface area (Å²) in [5.41, 5.74) is 5.41. The van der Waals surface area contributed by atoms with E-state index in [4.69, 9.17) is 0 Å². The van der Waals surface area contributed by atoms with Gasteiger partial charge in [0.05, 0.1) is 0 Å². The molecule has 0 unspecified atom stereocenters. The van der Waals surface area contributed by atoms with Crippen molar-refractivity contribution >= 4 is 6.08 Å². The smallest absolute Gasteiger partial charge is 0.0254 e. The summed E-state index contributed by atoms with van der Waals surface area (Å²) in [5, 5.41) is 0. The number of aryl methyl sites for hydroxylation is 1. The molecule has 1 aliphatic rings. The van der Waals surface area contributed by atoms with Gasteiger partial charge in [-0.2, -0.15) is 0 Å². The fourth-order valence-electron chi connectivity index (χ4n) is 2.03. The monoisotopic (exact) mass is 198 g/mol. The summed E-state index contributed by atoms with van der Waals surface area (Å²) in [7, 11) is 0. The molecule has 0 N–H and O–H groups in total. The molecule has 78 valence electrons. The van der Waals surface area contributed by atoms with E-state index in [1.807, 2.05) is 0 Å². The van der Waals surface area contributed by atoms with Gasteiger partial charge >= 0.3 is 0 Å². The third-order valence-corrected chi connectivity index (χ3v) is 3.05. The molecule has 0 aromatic heterocycles. The Kier molecular flexibility index (Phi) is 3.05. The topological polar surface area (TPSA) is 0 Å². The van der Waals surface area contributed by atoms with Crippen LogP contribution in [-0.4, -0.2) is 0 Å². The third-order valence-electron chi connectivity index (χ3n) is 3.05. The summed E-state index contributed by atoms with van der Waals surface area (Å²) in [4.78, 5) is 0. The molecule has 15 heavy (non-hydrogen) atoms. The first-order valence-corrected chi connectivity index (χ1v) is 5.71. The Morgan fingerprint density at radius 2 is 1.73 bits per heavy atom. The molecule has 1 saturated carbocycles. The SMILES string of the molecule is C=C1CCCC/C1=C\c1ccc(C)cc1. The lowest BCUT2D eigenvalue weighted by atomic mass is 9.89. The molecule has 0 aliphatic heterocycles. The summed E-state index contributed by atoms with van der Waals surface area (Å²) in [6.45, 7) is 6.26. The molecule has 0 radical (unpaired) electrons. The Morgan fingerprint density at radius 3 is 2.40 bits per heavy atom. The molecule has 2 rings (SSSR count). The van der Waals surface area contributed by atoms with Gasteiger partial charge in [0.2, 0.25) is 0 Å². The normalized spacial score (nSPS) is 19.5. The highest BCUT2D eigenvalue weighted by Gasteiger charge is 2.08. The van der Waals surface area contributed by atoms with E-state index in [2.05, 4.69) is 43.8 Å². The van der Waals surface area contributed by atoms with Crippen molar-refractivity contribution in [2.24, 2.45) is 0 Å². The van der Waals surface area contributed by atoms with Gasteiger partial charge in [0, 0.05) is 0 Å². The van der Waals surface area contributed by atoms with Gasteiger partial charge < -0.3 is 0 Å². The molecular weight excluding hydrogens is 180 g/mol. The molecule has 1 aromatic rings. The molecule has 0 saturated heterocycles. The van der Waals surface area contributed by atoms with E-state index in [-0.39, 0.29) is 0 Å². The van der Waals surface area contributed by atoms with E-state index < -0.39 is 0 Å². The molecular formula is C15H18. The molecule has 1 aromatic carbocycles. The first-order chi connectivity index (χ1) is 7.25. The van der Waals surface area contributed by atoms with Crippen LogP contribution in [-0.2, 0) is 0 Å². The number of hydrogen-bond acceptors (Lipinski definition) is 0. The predicted octanol–water partition coefficient (Wildman–Crippen LogP) is 4.51. The first-order valence-electron chi connectivity index (χ1n) is 5.71. The highest BCUT2D eigenvalue weighted by Crippen LogP contribution is 2.28. The van der Waals surface area contributed by atoms with E-state index in [1.165, 1.54) is 48.0 Å². The number of rotatable bonds is 1. The average molecular weight is 198 g/mol. The van der Waals surface area contributed by atoms with Crippen molar-refractivity contribution in [2.75, 3.05) is 0 Å². The Bertz CT molecular complexity index is 379. The fourth-order valence-corrected chi connectivity index (χ4v) is 2.03. The maximum absolute atomic E-state index is 4.14. The fraction of sp³-hybridized carbons (Fsp3) is 0.333. The van der Waals surface area contributed by atoms with Crippen molar-refractivity contribution in [2.45, 2.75) is 32.6 Å².